The van der Waals surface area contributed by atoms with Crippen molar-refractivity contribution in [2.24, 2.45) is 0 Å². The van der Waals surface area contributed by atoms with E-state index in [1.54, 1.807) is 24.3 Å². The zero-order valence-electron chi connectivity index (χ0n) is 13.8. The molecule has 1 N–H and O–H groups in total. The monoisotopic (exact) mass is 327 g/mol. The highest BCUT2D eigenvalue weighted by molar-refractivity contribution is 5.89. The summed E-state index contributed by atoms with van der Waals surface area (Å²) in [5, 5.41) is 2.85. The van der Waals surface area contributed by atoms with Crippen LogP contribution in [0.3, 0.4) is 0 Å². The second-order valence-electron chi connectivity index (χ2n) is 5.42. The van der Waals surface area contributed by atoms with Gasteiger partial charge in [-0.3, -0.25) is 4.79 Å². The highest BCUT2D eigenvalue weighted by Gasteiger charge is 2.09. The van der Waals surface area contributed by atoms with Gasteiger partial charge in [-0.05, 0) is 35.7 Å². The largest absolute Gasteiger partial charge is 0.484 e. The van der Waals surface area contributed by atoms with E-state index >= 15 is 0 Å². The molecule has 0 fully saturated rings. The molecule has 126 valence electrons. The summed E-state index contributed by atoms with van der Waals surface area (Å²) in [6, 6.07) is 16.5. The number of nitrogens with one attached hydrogen (secondary N) is 1. The number of methoxy groups -OCH3 is 1. The Morgan fingerprint density at radius 1 is 1.04 bits per heavy atom. The molecule has 0 aromatic heterocycles. The van der Waals surface area contributed by atoms with Gasteiger partial charge in [-0.2, -0.15) is 0 Å². The summed E-state index contributed by atoms with van der Waals surface area (Å²) < 4.78 is 10.0. The SMILES string of the molecule is COC(=O)c1ccc(OCC(=O)NC[C@@H](C)c2ccccc2)cc1. The Morgan fingerprint density at radius 3 is 2.33 bits per heavy atom. The average Bonchev–Trinajstić information content (AvgIpc) is 2.64. The topological polar surface area (TPSA) is 64.6 Å². The van der Waals surface area contributed by atoms with E-state index in [1.165, 1.54) is 12.7 Å². The van der Waals surface area contributed by atoms with E-state index in [0.29, 0.717) is 17.9 Å². The molecule has 1 atom stereocenters. The Hall–Kier alpha value is -2.82. The third-order valence-electron chi connectivity index (χ3n) is 3.62. The molecule has 0 heterocycles. The van der Waals surface area contributed by atoms with Crippen molar-refractivity contribution >= 4 is 11.9 Å². The van der Waals surface area contributed by atoms with Crippen LogP contribution >= 0.6 is 0 Å². The van der Waals surface area contributed by atoms with E-state index < -0.39 is 5.97 Å². The maximum absolute atomic E-state index is 11.9. The third-order valence-corrected chi connectivity index (χ3v) is 3.62. The molecule has 0 saturated heterocycles. The van der Waals surface area contributed by atoms with Gasteiger partial charge < -0.3 is 14.8 Å². The minimum Gasteiger partial charge on any atom is -0.484 e. The third kappa shape index (κ3) is 5.12. The highest BCUT2D eigenvalue weighted by Crippen LogP contribution is 2.14. The molecular weight excluding hydrogens is 306 g/mol. The van der Waals surface area contributed by atoms with Crippen molar-refractivity contribution in [3.63, 3.8) is 0 Å². The minimum absolute atomic E-state index is 0.0704. The van der Waals surface area contributed by atoms with Gasteiger partial charge in [-0.25, -0.2) is 4.79 Å². The Bertz CT molecular complexity index is 668. The molecule has 0 aliphatic heterocycles. The summed E-state index contributed by atoms with van der Waals surface area (Å²) in [6.45, 7) is 2.54. The molecule has 2 aromatic rings. The van der Waals surface area contributed by atoms with Gasteiger partial charge in [0.15, 0.2) is 6.61 Å². The number of rotatable bonds is 7. The van der Waals surface area contributed by atoms with E-state index in [2.05, 4.69) is 17.0 Å². The minimum atomic E-state index is -0.408. The molecule has 0 radical (unpaired) electrons. The number of carbonyl (C=O) groups is 2. The van der Waals surface area contributed by atoms with Crippen LogP contribution in [0.4, 0.5) is 0 Å². The van der Waals surface area contributed by atoms with Crippen molar-refractivity contribution in [1.82, 2.24) is 5.32 Å². The molecule has 1 amide bonds. The van der Waals surface area contributed by atoms with Crippen molar-refractivity contribution in [1.29, 1.82) is 0 Å². The molecular formula is C19H21NO4. The van der Waals surface area contributed by atoms with Crippen molar-refractivity contribution in [2.75, 3.05) is 20.3 Å². The zero-order valence-corrected chi connectivity index (χ0v) is 13.8. The van der Waals surface area contributed by atoms with Crippen LogP contribution in [-0.2, 0) is 9.53 Å². The second-order valence-corrected chi connectivity index (χ2v) is 5.42. The fourth-order valence-corrected chi connectivity index (χ4v) is 2.17. The number of hydrogen-bond donors (Lipinski definition) is 1. The van der Waals surface area contributed by atoms with Crippen LogP contribution < -0.4 is 10.1 Å². The summed E-state index contributed by atoms with van der Waals surface area (Å²) in [7, 11) is 1.33. The van der Waals surface area contributed by atoms with Crippen LogP contribution in [0.15, 0.2) is 54.6 Å². The van der Waals surface area contributed by atoms with Crippen LogP contribution in [0.1, 0.15) is 28.8 Å². The summed E-state index contributed by atoms with van der Waals surface area (Å²) in [5.74, 6) is 0.160. The highest BCUT2D eigenvalue weighted by atomic mass is 16.5. The van der Waals surface area contributed by atoms with Crippen LogP contribution in [0.2, 0.25) is 0 Å². The Morgan fingerprint density at radius 2 is 1.71 bits per heavy atom. The van der Waals surface area contributed by atoms with Gasteiger partial charge in [0, 0.05) is 6.54 Å². The normalized spacial score (nSPS) is 11.4. The second kappa shape index (κ2) is 8.72. The first-order chi connectivity index (χ1) is 11.6. The van der Waals surface area contributed by atoms with E-state index in [-0.39, 0.29) is 18.4 Å². The Kier molecular flexibility index (Phi) is 6.37. The van der Waals surface area contributed by atoms with Gasteiger partial charge in [0.25, 0.3) is 5.91 Å². The van der Waals surface area contributed by atoms with E-state index in [9.17, 15) is 9.59 Å². The zero-order chi connectivity index (χ0) is 17.4. The predicted molar refractivity (Wildman–Crippen MR) is 91.1 cm³/mol. The number of ether oxygens (including phenoxy) is 2. The summed E-state index contributed by atoms with van der Waals surface area (Å²) >= 11 is 0. The molecule has 24 heavy (non-hydrogen) atoms. The van der Waals surface area contributed by atoms with Crippen molar-refractivity contribution in [3.8, 4) is 5.75 Å². The lowest BCUT2D eigenvalue weighted by Crippen LogP contribution is -2.31. The maximum Gasteiger partial charge on any atom is 0.337 e. The van der Waals surface area contributed by atoms with Crippen molar-refractivity contribution < 1.29 is 19.1 Å². The first-order valence-electron chi connectivity index (χ1n) is 7.73. The van der Waals surface area contributed by atoms with Gasteiger partial charge in [0.2, 0.25) is 0 Å². The summed E-state index contributed by atoms with van der Waals surface area (Å²) in [4.78, 5) is 23.2. The van der Waals surface area contributed by atoms with Crippen LogP contribution in [0, 0.1) is 0 Å². The lowest BCUT2D eigenvalue weighted by Gasteiger charge is -2.13. The number of benzene rings is 2. The average molecular weight is 327 g/mol. The van der Waals surface area contributed by atoms with Gasteiger partial charge >= 0.3 is 5.97 Å². The lowest BCUT2D eigenvalue weighted by atomic mass is 10.0. The lowest BCUT2D eigenvalue weighted by molar-refractivity contribution is -0.123. The maximum atomic E-state index is 11.9. The fourth-order valence-electron chi connectivity index (χ4n) is 2.17. The number of amides is 1. The standard InChI is InChI=1S/C19H21NO4/c1-14(15-6-4-3-5-7-15)12-20-18(21)13-24-17-10-8-16(9-11-17)19(22)23-2/h3-11,14H,12-13H2,1-2H3,(H,20,21)/t14-/m1/s1. The van der Waals surface area contributed by atoms with Gasteiger partial charge in [0.1, 0.15) is 5.75 Å². The van der Waals surface area contributed by atoms with E-state index in [1.807, 2.05) is 30.3 Å². The quantitative estimate of drug-likeness (QED) is 0.794. The van der Waals surface area contributed by atoms with Gasteiger partial charge in [-0.15, -0.1) is 0 Å². The predicted octanol–water partition coefficient (Wildman–Crippen LogP) is 2.77. The molecule has 0 saturated carbocycles. The van der Waals surface area contributed by atoms with Crippen molar-refractivity contribution in [2.45, 2.75) is 12.8 Å². The van der Waals surface area contributed by atoms with Crippen LogP contribution in [-0.4, -0.2) is 32.1 Å². The fraction of sp³-hybridized carbons (Fsp3) is 0.263. The number of hydrogen-bond acceptors (Lipinski definition) is 4. The Labute approximate surface area is 141 Å². The summed E-state index contributed by atoms with van der Waals surface area (Å²) in [6.07, 6.45) is 0. The van der Waals surface area contributed by atoms with Crippen LogP contribution in [0.25, 0.3) is 0 Å². The molecule has 0 unspecified atom stereocenters. The van der Waals surface area contributed by atoms with E-state index in [0.717, 1.165) is 0 Å². The van der Waals surface area contributed by atoms with Crippen LogP contribution in [0.5, 0.6) is 5.75 Å². The molecule has 5 nitrogen and oxygen atoms in total. The summed E-state index contributed by atoms with van der Waals surface area (Å²) in [5.41, 5.74) is 1.61. The molecule has 5 heteroatoms. The number of esters is 1. The molecule has 0 aliphatic rings. The molecule has 0 bridgehead atoms. The number of carbonyl (C=O) groups excluding carboxylic acids is 2. The first-order valence-corrected chi connectivity index (χ1v) is 7.73. The molecule has 2 aromatic carbocycles. The van der Waals surface area contributed by atoms with Gasteiger partial charge in [-0.1, -0.05) is 37.3 Å². The smallest absolute Gasteiger partial charge is 0.337 e. The Balaban J connectivity index is 1.76. The van der Waals surface area contributed by atoms with Gasteiger partial charge in [0.05, 0.1) is 12.7 Å². The first kappa shape index (κ1) is 17.5. The van der Waals surface area contributed by atoms with E-state index in [4.69, 9.17) is 4.74 Å². The molecule has 0 aliphatic carbocycles. The van der Waals surface area contributed by atoms with Crippen molar-refractivity contribution in [3.05, 3.63) is 65.7 Å². The molecule has 0 spiro atoms. The molecule has 2 rings (SSSR count).